The number of aryl methyl sites for hydroxylation is 1. The standard InChI is InChI=1S/C21H32N2O4S/c1-21(2,3)27-20(24)22-15-17-13-18-9-10-19(14-17)23(18)28(25,26)12-11-16-7-5-4-6-8-16/h4-8,17-19H,9-15H2,1-3H3,(H,22,24)/t17?,18-,19+. The predicted octanol–water partition coefficient (Wildman–Crippen LogP) is 3.33. The third-order valence-corrected chi connectivity index (χ3v) is 7.47. The number of sulfonamides is 1. The van der Waals surface area contributed by atoms with Crippen LogP contribution in [-0.2, 0) is 21.2 Å². The number of hydrogen-bond acceptors (Lipinski definition) is 4. The summed E-state index contributed by atoms with van der Waals surface area (Å²) in [4.78, 5) is 11.9. The van der Waals surface area contributed by atoms with Gasteiger partial charge in [-0.05, 0) is 64.4 Å². The number of nitrogens with zero attached hydrogens (tertiary/aromatic N) is 1. The Labute approximate surface area is 168 Å². The van der Waals surface area contributed by atoms with Gasteiger partial charge >= 0.3 is 6.09 Å². The van der Waals surface area contributed by atoms with Crippen LogP contribution in [0.25, 0.3) is 0 Å². The Balaban J connectivity index is 1.53. The molecular weight excluding hydrogens is 376 g/mol. The van der Waals surface area contributed by atoms with Crippen LogP contribution in [0.5, 0.6) is 0 Å². The zero-order valence-corrected chi connectivity index (χ0v) is 17.9. The molecule has 0 saturated carbocycles. The number of amides is 1. The zero-order chi connectivity index (χ0) is 20.4. The molecule has 3 atom stereocenters. The van der Waals surface area contributed by atoms with Gasteiger partial charge in [-0.2, -0.15) is 4.31 Å². The number of piperidine rings is 1. The van der Waals surface area contributed by atoms with E-state index in [1.54, 1.807) is 4.31 Å². The minimum absolute atomic E-state index is 0.0601. The van der Waals surface area contributed by atoms with Gasteiger partial charge < -0.3 is 10.1 Å². The summed E-state index contributed by atoms with van der Waals surface area (Å²) >= 11 is 0. The van der Waals surface area contributed by atoms with Gasteiger partial charge in [-0.1, -0.05) is 30.3 Å². The predicted molar refractivity (Wildman–Crippen MR) is 110 cm³/mol. The van der Waals surface area contributed by atoms with Gasteiger partial charge in [0.2, 0.25) is 10.0 Å². The highest BCUT2D eigenvalue weighted by Crippen LogP contribution is 2.40. The molecule has 2 aliphatic heterocycles. The van der Waals surface area contributed by atoms with E-state index < -0.39 is 21.7 Å². The molecule has 2 bridgehead atoms. The number of carbonyl (C=O) groups is 1. The summed E-state index contributed by atoms with van der Waals surface area (Å²) in [5.41, 5.74) is 0.536. The Kier molecular flexibility index (Phi) is 6.34. The molecule has 1 aromatic carbocycles. The first-order chi connectivity index (χ1) is 13.1. The molecule has 1 N–H and O–H groups in total. The fraction of sp³-hybridized carbons (Fsp3) is 0.667. The molecule has 7 heteroatoms. The number of alkyl carbamates (subject to hydrolysis) is 1. The number of ether oxygens (including phenoxy) is 1. The van der Waals surface area contributed by atoms with Crippen molar-refractivity contribution < 1.29 is 17.9 Å². The lowest BCUT2D eigenvalue weighted by atomic mass is 9.92. The summed E-state index contributed by atoms with van der Waals surface area (Å²) in [6.45, 7) is 6.06. The van der Waals surface area contributed by atoms with Crippen molar-refractivity contribution in [3.05, 3.63) is 35.9 Å². The van der Waals surface area contributed by atoms with Crippen LogP contribution < -0.4 is 5.32 Å². The van der Waals surface area contributed by atoms with Gasteiger partial charge in [-0.15, -0.1) is 0 Å². The lowest BCUT2D eigenvalue weighted by Crippen LogP contribution is -2.49. The molecule has 2 aliphatic rings. The molecule has 0 aliphatic carbocycles. The Morgan fingerprint density at radius 2 is 1.75 bits per heavy atom. The van der Waals surface area contributed by atoms with E-state index in [1.807, 2.05) is 51.1 Å². The van der Waals surface area contributed by atoms with Gasteiger partial charge in [0.05, 0.1) is 5.75 Å². The first-order valence-corrected chi connectivity index (χ1v) is 11.8. The van der Waals surface area contributed by atoms with Gasteiger partial charge in [0.1, 0.15) is 5.60 Å². The Morgan fingerprint density at radius 3 is 2.32 bits per heavy atom. The van der Waals surface area contributed by atoms with E-state index in [1.165, 1.54) is 0 Å². The Morgan fingerprint density at radius 1 is 1.14 bits per heavy atom. The van der Waals surface area contributed by atoms with Crippen LogP contribution >= 0.6 is 0 Å². The van der Waals surface area contributed by atoms with Crippen molar-refractivity contribution in [1.29, 1.82) is 0 Å². The van der Waals surface area contributed by atoms with Crippen LogP contribution in [0, 0.1) is 5.92 Å². The molecule has 0 spiro atoms. The molecule has 0 aromatic heterocycles. The molecular formula is C21H32N2O4S. The monoisotopic (exact) mass is 408 g/mol. The Bertz CT molecular complexity index is 759. The highest BCUT2D eigenvalue weighted by Gasteiger charge is 2.46. The average molecular weight is 409 g/mol. The van der Waals surface area contributed by atoms with Crippen molar-refractivity contribution >= 4 is 16.1 Å². The van der Waals surface area contributed by atoms with E-state index in [2.05, 4.69) is 5.32 Å². The number of carbonyl (C=O) groups excluding carboxylic acids is 1. The van der Waals surface area contributed by atoms with Crippen LogP contribution in [0.15, 0.2) is 30.3 Å². The van der Waals surface area contributed by atoms with Crippen LogP contribution in [0.1, 0.15) is 52.0 Å². The molecule has 2 heterocycles. The normalized spacial score (nSPS) is 25.5. The van der Waals surface area contributed by atoms with Gasteiger partial charge in [0, 0.05) is 18.6 Å². The summed E-state index contributed by atoms with van der Waals surface area (Å²) in [6, 6.07) is 9.88. The summed E-state index contributed by atoms with van der Waals surface area (Å²) in [7, 11) is -3.27. The highest BCUT2D eigenvalue weighted by molar-refractivity contribution is 7.89. The minimum Gasteiger partial charge on any atom is -0.444 e. The molecule has 1 unspecified atom stereocenters. The first-order valence-electron chi connectivity index (χ1n) is 10.2. The third-order valence-electron chi connectivity index (χ3n) is 5.51. The second-order valence-corrected chi connectivity index (χ2v) is 11.0. The molecule has 6 nitrogen and oxygen atoms in total. The molecule has 28 heavy (non-hydrogen) atoms. The highest BCUT2D eigenvalue weighted by atomic mass is 32.2. The maximum absolute atomic E-state index is 13.0. The maximum atomic E-state index is 13.0. The third kappa shape index (κ3) is 5.47. The second-order valence-electron chi connectivity index (χ2n) is 8.99. The number of rotatable bonds is 6. The lowest BCUT2D eigenvalue weighted by molar-refractivity contribution is 0.0507. The SMILES string of the molecule is CC(C)(C)OC(=O)NCC1C[C@H]2CC[C@@H](C1)N2S(=O)(=O)CCc1ccccc1. The second kappa shape index (κ2) is 8.41. The smallest absolute Gasteiger partial charge is 0.407 e. The minimum atomic E-state index is -3.27. The van der Waals surface area contributed by atoms with E-state index in [-0.39, 0.29) is 17.8 Å². The average Bonchev–Trinajstić information content (AvgIpc) is 2.90. The fourth-order valence-electron chi connectivity index (χ4n) is 4.41. The van der Waals surface area contributed by atoms with Crippen LogP contribution in [-0.4, -0.2) is 48.8 Å². The van der Waals surface area contributed by atoms with Crippen LogP contribution in [0.2, 0.25) is 0 Å². The number of benzene rings is 1. The number of nitrogens with one attached hydrogen (secondary N) is 1. The van der Waals surface area contributed by atoms with E-state index >= 15 is 0 Å². The first kappa shape index (κ1) is 21.1. The van der Waals surface area contributed by atoms with Crippen LogP contribution in [0.3, 0.4) is 0 Å². The molecule has 156 valence electrons. The Hall–Kier alpha value is -1.60. The van der Waals surface area contributed by atoms with E-state index in [4.69, 9.17) is 4.74 Å². The summed E-state index contributed by atoms with van der Waals surface area (Å²) in [6.07, 6.45) is 3.57. The number of fused-ring (bicyclic) bond motifs is 2. The van der Waals surface area contributed by atoms with E-state index in [9.17, 15) is 13.2 Å². The maximum Gasteiger partial charge on any atom is 0.407 e. The number of hydrogen-bond donors (Lipinski definition) is 1. The molecule has 2 fully saturated rings. The quantitative estimate of drug-likeness (QED) is 0.783. The van der Waals surface area contributed by atoms with Crippen molar-refractivity contribution in [3.8, 4) is 0 Å². The van der Waals surface area contributed by atoms with Crippen molar-refractivity contribution in [2.24, 2.45) is 5.92 Å². The summed E-state index contributed by atoms with van der Waals surface area (Å²) in [5.74, 6) is 0.454. The van der Waals surface area contributed by atoms with E-state index in [0.29, 0.717) is 18.9 Å². The lowest BCUT2D eigenvalue weighted by Gasteiger charge is -2.38. The molecule has 0 radical (unpaired) electrons. The molecule has 3 rings (SSSR count). The van der Waals surface area contributed by atoms with Gasteiger partial charge in [0.15, 0.2) is 0 Å². The van der Waals surface area contributed by atoms with Crippen molar-refractivity contribution in [2.45, 2.75) is 70.6 Å². The van der Waals surface area contributed by atoms with E-state index in [0.717, 1.165) is 31.2 Å². The summed E-state index contributed by atoms with van der Waals surface area (Å²) < 4.78 is 33.0. The van der Waals surface area contributed by atoms with Gasteiger partial charge in [-0.25, -0.2) is 13.2 Å². The summed E-state index contributed by atoms with van der Waals surface area (Å²) in [5, 5.41) is 2.85. The fourth-order valence-corrected chi connectivity index (χ4v) is 6.40. The van der Waals surface area contributed by atoms with Crippen LogP contribution in [0.4, 0.5) is 4.79 Å². The molecule has 1 amide bonds. The largest absolute Gasteiger partial charge is 0.444 e. The topological polar surface area (TPSA) is 75.7 Å². The molecule has 2 saturated heterocycles. The van der Waals surface area contributed by atoms with Crippen molar-refractivity contribution in [3.63, 3.8) is 0 Å². The van der Waals surface area contributed by atoms with Crippen molar-refractivity contribution in [2.75, 3.05) is 12.3 Å². The molecule has 1 aromatic rings. The zero-order valence-electron chi connectivity index (χ0n) is 17.1. The van der Waals surface area contributed by atoms with Gasteiger partial charge in [0.25, 0.3) is 0 Å². The van der Waals surface area contributed by atoms with Crippen molar-refractivity contribution in [1.82, 2.24) is 9.62 Å². The van der Waals surface area contributed by atoms with Gasteiger partial charge in [-0.3, -0.25) is 0 Å².